The van der Waals surface area contributed by atoms with E-state index in [-0.39, 0.29) is 30.6 Å². The highest BCUT2D eigenvalue weighted by Gasteiger charge is 2.40. The van der Waals surface area contributed by atoms with Gasteiger partial charge in [0.1, 0.15) is 5.78 Å². The molecule has 0 aliphatic heterocycles. The van der Waals surface area contributed by atoms with E-state index in [0.717, 1.165) is 35.5 Å². The number of ether oxygens (including phenoxy) is 1. The number of hydrogen-bond donors (Lipinski definition) is 3. The Kier molecular flexibility index (Phi) is 8.96. The average molecular weight is 435 g/mol. The molecule has 0 bridgehead atoms. The number of aliphatic hydroxyl groups excluding tert-OH is 3. The first kappa shape index (κ1) is 23.5. The maximum absolute atomic E-state index is 12.4. The van der Waals surface area contributed by atoms with Crippen molar-refractivity contribution in [2.45, 2.75) is 44.5 Å². The molecule has 30 heavy (non-hydrogen) atoms. The average Bonchev–Trinajstić information content (AvgIpc) is 3.42. The number of carbonyl (C=O) groups is 1. The molecule has 6 heteroatoms. The Bertz CT molecular complexity index is 721. The number of benzene rings is 1. The molecule has 0 spiro atoms. The van der Waals surface area contributed by atoms with Crippen LogP contribution in [0, 0.1) is 23.7 Å². The van der Waals surface area contributed by atoms with Crippen LogP contribution in [0.15, 0.2) is 36.4 Å². The summed E-state index contributed by atoms with van der Waals surface area (Å²) in [5, 5.41) is 29.9. The van der Waals surface area contributed by atoms with Crippen molar-refractivity contribution in [2.75, 3.05) is 25.2 Å². The SMILES string of the molecule is COCc1cccc(C[C@H](O)C=C[C@H]2[C@H](O)CC(=O)[C@@H]2CCSCC2CC2CO)c1. The van der Waals surface area contributed by atoms with Crippen LogP contribution in [0.3, 0.4) is 0 Å². The molecule has 0 heterocycles. The summed E-state index contributed by atoms with van der Waals surface area (Å²) in [7, 11) is 1.66. The number of hydrogen-bond acceptors (Lipinski definition) is 6. The summed E-state index contributed by atoms with van der Waals surface area (Å²) in [6.45, 7) is 0.821. The molecule has 0 amide bonds. The molecule has 0 radical (unpaired) electrons. The Balaban J connectivity index is 1.48. The first-order valence-corrected chi connectivity index (χ1v) is 12.0. The molecular weight excluding hydrogens is 400 g/mol. The summed E-state index contributed by atoms with van der Waals surface area (Å²) in [6.07, 6.45) is 4.80. The van der Waals surface area contributed by atoms with Crippen molar-refractivity contribution in [3.05, 3.63) is 47.5 Å². The summed E-state index contributed by atoms with van der Waals surface area (Å²) in [4.78, 5) is 12.4. The summed E-state index contributed by atoms with van der Waals surface area (Å²) >= 11 is 1.84. The van der Waals surface area contributed by atoms with Gasteiger partial charge in [-0.3, -0.25) is 4.79 Å². The normalized spacial score (nSPS) is 29.6. The van der Waals surface area contributed by atoms with Crippen LogP contribution in [0.1, 0.15) is 30.4 Å². The molecular formula is C24H34O5S. The van der Waals surface area contributed by atoms with E-state index in [1.807, 2.05) is 42.1 Å². The maximum Gasteiger partial charge on any atom is 0.139 e. The quantitative estimate of drug-likeness (QED) is 0.346. The van der Waals surface area contributed by atoms with Crippen LogP contribution in [-0.2, 0) is 22.6 Å². The van der Waals surface area contributed by atoms with Crippen molar-refractivity contribution in [1.29, 1.82) is 0 Å². The van der Waals surface area contributed by atoms with Crippen molar-refractivity contribution in [1.82, 2.24) is 0 Å². The van der Waals surface area contributed by atoms with E-state index >= 15 is 0 Å². The molecule has 1 aromatic rings. The molecule has 6 atom stereocenters. The van der Waals surface area contributed by atoms with Gasteiger partial charge in [0.2, 0.25) is 0 Å². The highest BCUT2D eigenvalue weighted by molar-refractivity contribution is 7.99. The van der Waals surface area contributed by atoms with Crippen molar-refractivity contribution in [3.63, 3.8) is 0 Å². The fourth-order valence-electron chi connectivity index (χ4n) is 4.35. The molecule has 0 saturated heterocycles. The zero-order valence-electron chi connectivity index (χ0n) is 17.7. The van der Waals surface area contributed by atoms with Gasteiger partial charge in [-0.1, -0.05) is 36.4 Å². The smallest absolute Gasteiger partial charge is 0.139 e. The largest absolute Gasteiger partial charge is 0.396 e. The van der Waals surface area contributed by atoms with Gasteiger partial charge in [-0.2, -0.15) is 11.8 Å². The lowest BCUT2D eigenvalue weighted by molar-refractivity contribution is -0.121. The summed E-state index contributed by atoms with van der Waals surface area (Å²) in [5.74, 6) is 2.75. The number of methoxy groups -OCH3 is 1. The monoisotopic (exact) mass is 434 g/mol. The minimum atomic E-state index is -0.664. The Morgan fingerprint density at radius 2 is 2.10 bits per heavy atom. The minimum Gasteiger partial charge on any atom is -0.396 e. The minimum absolute atomic E-state index is 0.124. The Labute approximate surface area is 183 Å². The van der Waals surface area contributed by atoms with Crippen molar-refractivity contribution in [2.24, 2.45) is 23.7 Å². The van der Waals surface area contributed by atoms with Crippen LogP contribution in [0.5, 0.6) is 0 Å². The number of carbonyl (C=O) groups excluding carboxylic acids is 1. The van der Waals surface area contributed by atoms with Gasteiger partial charge in [0.15, 0.2) is 0 Å². The van der Waals surface area contributed by atoms with Crippen LogP contribution in [0.4, 0.5) is 0 Å². The van der Waals surface area contributed by atoms with Crippen LogP contribution in [0.2, 0.25) is 0 Å². The van der Waals surface area contributed by atoms with Crippen LogP contribution in [-0.4, -0.2) is 58.5 Å². The summed E-state index contributed by atoms with van der Waals surface area (Å²) < 4.78 is 5.16. The van der Waals surface area contributed by atoms with E-state index in [9.17, 15) is 15.0 Å². The predicted molar refractivity (Wildman–Crippen MR) is 119 cm³/mol. The van der Waals surface area contributed by atoms with E-state index in [1.165, 1.54) is 0 Å². The highest BCUT2D eigenvalue weighted by atomic mass is 32.2. The number of aliphatic hydroxyl groups is 3. The first-order valence-electron chi connectivity index (χ1n) is 10.8. The number of thioether (sulfide) groups is 1. The molecule has 3 rings (SSSR count). The molecule has 2 unspecified atom stereocenters. The topological polar surface area (TPSA) is 87.0 Å². The van der Waals surface area contributed by atoms with Crippen molar-refractivity contribution >= 4 is 17.5 Å². The lowest BCUT2D eigenvalue weighted by Gasteiger charge is -2.18. The van der Waals surface area contributed by atoms with Crippen LogP contribution in [0.25, 0.3) is 0 Å². The molecule has 5 nitrogen and oxygen atoms in total. The van der Waals surface area contributed by atoms with Gasteiger partial charge in [0.25, 0.3) is 0 Å². The molecule has 1 aromatic carbocycles. The van der Waals surface area contributed by atoms with Gasteiger partial charge >= 0.3 is 0 Å². The lowest BCUT2D eigenvalue weighted by Crippen LogP contribution is -2.20. The number of ketones is 1. The second-order valence-corrected chi connectivity index (χ2v) is 9.78. The zero-order valence-corrected chi connectivity index (χ0v) is 18.5. The molecule has 2 saturated carbocycles. The summed E-state index contributed by atoms with van der Waals surface area (Å²) in [5.41, 5.74) is 2.09. The third-order valence-electron chi connectivity index (χ3n) is 6.24. The standard InChI is InChI=1S/C24H34O5S/c1-29-14-17-4-2-3-16(9-17)10-20(26)5-6-21-22(24(28)12-23(21)27)7-8-30-15-19-11-18(19)13-25/h2-6,9,18-23,25-27H,7-8,10-15H2,1H3/t18?,19?,20-,21-,22-,23-/m1/s1. The second kappa shape index (κ2) is 11.4. The number of rotatable bonds is 12. The molecule has 166 valence electrons. The molecule has 2 fully saturated rings. The van der Waals surface area contributed by atoms with Crippen LogP contribution >= 0.6 is 11.8 Å². The highest BCUT2D eigenvalue weighted by Crippen LogP contribution is 2.41. The van der Waals surface area contributed by atoms with E-state index in [4.69, 9.17) is 9.84 Å². The third-order valence-corrected chi connectivity index (χ3v) is 7.43. The Morgan fingerprint density at radius 1 is 1.30 bits per heavy atom. The fourth-order valence-corrected chi connectivity index (χ4v) is 5.65. The lowest BCUT2D eigenvalue weighted by atomic mass is 9.91. The van der Waals surface area contributed by atoms with Gasteiger partial charge in [-0.05, 0) is 47.3 Å². The van der Waals surface area contributed by atoms with Gasteiger partial charge in [-0.25, -0.2) is 0 Å². The van der Waals surface area contributed by atoms with Gasteiger partial charge in [0.05, 0.1) is 18.8 Å². The fraction of sp³-hybridized carbons (Fsp3) is 0.625. The molecule has 2 aliphatic rings. The van der Waals surface area contributed by atoms with E-state index in [2.05, 4.69) is 0 Å². The van der Waals surface area contributed by atoms with E-state index < -0.39 is 12.2 Å². The van der Waals surface area contributed by atoms with E-state index in [0.29, 0.717) is 24.9 Å². The Morgan fingerprint density at radius 3 is 2.83 bits per heavy atom. The van der Waals surface area contributed by atoms with E-state index in [1.54, 1.807) is 13.2 Å². The van der Waals surface area contributed by atoms with Crippen molar-refractivity contribution in [3.8, 4) is 0 Å². The predicted octanol–water partition coefficient (Wildman–Crippen LogP) is 2.61. The number of Topliss-reactive ketones (excluding diaryl/α,β-unsaturated/α-hetero) is 1. The second-order valence-electron chi connectivity index (χ2n) is 8.63. The Hall–Kier alpha value is -1.18. The first-order chi connectivity index (χ1) is 14.5. The van der Waals surface area contributed by atoms with Crippen molar-refractivity contribution < 1.29 is 24.9 Å². The molecule has 0 aromatic heterocycles. The van der Waals surface area contributed by atoms with Gasteiger partial charge < -0.3 is 20.1 Å². The molecule has 3 N–H and O–H groups in total. The summed E-state index contributed by atoms with van der Waals surface area (Å²) in [6, 6.07) is 7.95. The molecule has 2 aliphatic carbocycles. The third kappa shape index (κ3) is 6.66. The van der Waals surface area contributed by atoms with Gasteiger partial charge in [-0.15, -0.1) is 0 Å². The zero-order chi connectivity index (χ0) is 21.5. The van der Waals surface area contributed by atoms with Gasteiger partial charge in [0, 0.05) is 38.4 Å². The maximum atomic E-state index is 12.4. The van der Waals surface area contributed by atoms with Crippen LogP contribution < -0.4 is 0 Å².